The molecule has 0 radical (unpaired) electrons. The number of rotatable bonds is 2. The van der Waals surface area contributed by atoms with E-state index in [1.54, 1.807) is 36.5 Å². The number of nitrogens with one attached hydrogen (secondary N) is 1. The second kappa shape index (κ2) is 6.45. The summed E-state index contributed by atoms with van der Waals surface area (Å²) < 4.78 is 6.05. The molecule has 0 bridgehead atoms. The highest BCUT2D eigenvalue weighted by Gasteiger charge is 2.34. The second-order valence-electron chi connectivity index (χ2n) is 7.02. The molecule has 25 heavy (non-hydrogen) atoms. The maximum absolute atomic E-state index is 13.0. The van der Waals surface area contributed by atoms with E-state index in [9.17, 15) is 9.90 Å². The normalized spacial score (nSPS) is 18.6. The van der Waals surface area contributed by atoms with Crippen molar-refractivity contribution in [2.24, 2.45) is 0 Å². The molecule has 1 aliphatic rings. The molecule has 5 heteroatoms. The van der Waals surface area contributed by atoms with Crippen molar-refractivity contribution in [2.75, 3.05) is 0 Å². The highest BCUT2D eigenvalue weighted by atomic mass is 35.5. The largest absolute Gasteiger partial charge is 0.508 e. The van der Waals surface area contributed by atoms with Crippen molar-refractivity contribution in [2.45, 2.75) is 32.4 Å². The van der Waals surface area contributed by atoms with E-state index < -0.39 is 6.10 Å². The Hall–Kier alpha value is -2.46. The van der Waals surface area contributed by atoms with Gasteiger partial charge in [0.2, 0.25) is 0 Å². The monoisotopic (exact) mass is 357 g/mol. The summed E-state index contributed by atoms with van der Waals surface area (Å²) >= 11 is 6.08. The molecule has 130 valence electrons. The summed E-state index contributed by atoms with van der Waals surface area (Å²) in [6, 6.07) is 11.8. The van der Waals surface area contributed by atoms with E-state index in [-0.39, 0.29) is 17.1 Å². The van der Waals surface area contributed by atoms with E-state index in [0.717, 1.165) is 0 Å². The number of para-hydroxylation sites is 1. The van der Waals surface area contributed by atoms with Gasteiger partial charge in [0.1, 0.15) is 11.5 Å². The van der Waals surface area contributed by atoms with Gasteiger partial charge >= 0.3 is 0 Å². The number of benzene rings is 2. The first-order valence-electron chi connectivity index (χ1n) is 8.03. The molecule has 0 amide bonds. The standard InChI is InChI=1S/C20H20ClNO3/c1-20(2,3)22-11-15-18(24)13-6-4-5-7-17(13)25-19(15)14-10-12(21)8-9-16(14)23/h4-11,19,22-23H,1-3H3/b15-11+. The van der Waals surface area contributed by atoms with Crippen LogP contribution in [0.4, 0.5) is 0 Å². The number of fused-ring (bicyclic) bond motifs is 1. The number of phenols is 1. The zero-order valence-corrected chi connectivity index (χ0v) is 15.1. The van der Waals surface area contributed by atoms with E-state index in [1.807, 2.05) is 26.8 Å². The number of halogens is 1. The zero-order chi connectivity index (χ0) is 18.2. The molecule has 0 aliphatic carbocycles. The van der Waals surface area contributed by atoms with Crippen LogP contribution in [0.1, 0.15) is 42.8 Å². The molecule has 2 aromatic carbocycles. The van der Waals surface area contributed by atoms with Crippen LogP contribution in [0.2, 0.25) is 5.02 Å². The lowest BCUT2D eigenvalue weighted by atomic mass is 9.91. The Morgan fingerprint density at radius 1 is 1.20 bits per heavy atom. The molecule has 0 fully saturated rings. The number of carbonyl (C=O) groups excluding carboxylic acids is 1. The fourth-order valence-corrected chi connectivity index (χ4v) is 2.80. The summed E-state index contributed by atoms with van der Waals surface area (Å²) in [5.74, 6) is 0.385. The summed E-state index contributed by atoms with van der Waals surface area (Å²) in [5, 5.41) is 13.9. The van der Waals surface area contributed by atoms with Gasteiger partial charge in [0.15, 0.2) is 11.9 Å². The topological polar surface area (TPSA) is 58.6 Å². The fourth-order valence-electron chi connectivity index (χ4n) is 2.62. The second-order valence-corrected chi connectivity index (χ2v) is 7.46. The molecule has 0 saturated carbocycles. The van der Waals surface area contributed by atoms with Gasteiger partial charge in [0, 0.05) is 22.3 Å². The molecular formula is C20H20ClNO3. The lowest BCUT2D eigenvalue weighted by Crippen LogP contribution is -2.34. The number of ketones is 1. The maximum atomic E-state index is 13.0. The lowest BCUT2D eigenvalue weighted by Gasteiger charge is -2.29. The summed E-state index contributed by atoms with van der Waals surface area (Å²) in [7, 11) is 0. The predicted molar refractivity (Wildman–Crippen MR) is 98.2 cm³/mol. The molecule has 1 atom stereocenters. The van der Waals surface area contributed by atoms with Crippen LogP contribution in [0.3, 0.4) is 0 Å². The number of hydrogen-bond donors (Lipinski definition) is 2. The molecule has 0 spiro atoms. The van der Waals surface area contributed by atoms with Crippen LogP contribution in [-0.2, 0) is 0 Å². The molecule has 1 aliphatic heterocycles. The number of Topliss-reactive ketones (excluding diaryl/α,β-unsaturated/α-hetero) is 1. The molecule has 0 saturated heterocycles. The van der Waals surface area contributed by atoms with Crippen molar-refractivity contribution < 1.29 is 14.6 Å². The highest BCUT2D eigenvalue weighted by molar-refractivity contribution is 6.30. The quantitative estimate of drug-likeness (QED) is 0.769. The van der Waals surface area contributed by atoms with Gasteiger partial charge in [-0.1, -0.05) is 23.7 Å². The molecular weight excluding hydrogens is 338 g/mol. The average Bonchev–Trinajstić information content (AvgIpc) is 2.55. The number of carbonyl (C=O) groups is 1. The molecule has 0 aromatic heterocycles. The van der Waals surface area contributed by atoms with E-state index in [0.29, 0.717) is 27.5 Å². The highest BCUT2D eigenvalue weighted by Crippen LogP contribution is 2.41. The summed E-state index contributed by atoms with van der Waals surface area (Å²) in [6.07, 6.45) is 0.930. The third kappa shape index (κ3) is 3.64. The first kappa shape index (κ1) is 17.4. The van der Waals surface area contributed by atoms with Crippen molar-refractivity contribution in [3.8, 4) is 11.5 Å². The summed E-state index contributed by atoms with van der Waals surface area (Å²) in [4.78, 5) is 13.0. The van der Waals surface area contributed by atoms with E-state index in [1.165, 1.54) is 6.07 Å². The first-order valence-corrected chi connectivity index (χ1v) is 8.40. The molecule has 2 aromatic rings. The van der Waals surface area contributed by atoms with Crippen LogP contribution in [-0.4, -0.2) is 16.4 Å². The average molecular weight is 358 g/mol. The van der Waals surface area contributed by atoms with Crippen molar-refractivity contribution in [3.05, 3.63) is 70.4 Å². The van der Waals surface area contributed by atoms with Crippen molar-refractivity contribution in [3.63, 3.8) is 0 Å². The van der Waals surface area contributed by atoms with Crippen molar-refractivity contribution in [1.29, 1.82) is 0 Å². The maximum Gasteiger partial charge on any atom is 0.198 e. The van der Waals surface area contributed by atoms with Gasteiger partial charge in [-0.2, -0.15) is 0 Å². The summed E-state index contributed by atoms with van der Waals surface area (Å²) in [6.45, 7) is 5.99. The fraction of sp³-hybridized carbons (Fsp3) is 0.250. The summed E-state index contributed by atoms with van der Waals surface area (Å²) in [5.41, 5.74) is 1.16. The van der Waals surface area contributed by atoms with Gasteiger partial charge in [-0.05, 0) is 51.1 Å². The molecule has 4 nitrogen and oxygen atoms in total. The minimum Gasteiger partial charge on any atom is -0.508 e. The number of hydrogen-bond acceptors (Lipinski definition) is 4. The smallest absolute Gasteiger partial charge is 0.198 e. The molecule has 1 unspecified atom stereocenters. The van der Waals surface area contributed by atoms with Crippen LogP contribution >= 0.6 is 11.6 Å². The van der Waals surface area contributed by atoms with E-state index in [2.05, 4.69) is 5.32 Å². The number of ether oxygens (including phenoxy) is 1. The van der Waals surface area contributed by atoms with E-state index >= 15 is 0 Å². The zero-order valence-electron chi connectivity index (χ0n) is 14.3. The molecule has 1 heterocycles. The Kier molecular flexibility index (Phi) is 4.48. The van der Waals surface area contributed by atoms with Gasteiger partial charge in [0.25, 0.3) is 0 Å². The first-order chi connectivity index (χ1) is 11.8. The molecule has 2 N–H and O–H groups in total. The van der Waals surface area contributed by atoms with Gasteiger partial charge in [-0.25, -0.2) is 0 Å². The van der Waals surface area contributed by atoms with Crippen LogP contribution in [0.25, 0.3) is 0 Å². The minimum atomic E-state index is -0.740. The van der Waals surface area contributed by atoms with Crippen LogP contribution in [0.15, 0.2) is 54.2 Å². The van der Waals surface area contributed by atoms with Crippen molar-refractivity contribution in [1.82, 2.24) is 5.32 Å². The number of aromatic hydroxyl groups is 1. The van der Waals surface area contributed by atoms with Gasteiger partial charge < -0.3 is 15.2 Å². The van der Waals surface area contributed by atoms with Crippen LogP contribution < -0.4 is 10.1 Å². The molecule has 3 rings (SSSR count). The SMILES string of the molecule is CC(C)(C)N/C=C1\C(=O)c2ccccc2OC1c1cc(Cl)ccc1O. The Balaban J connectivity index is 2.13. The predicted octanol–water partition coefficient (Wildman–Crippen LogP) is 4.63. The van der Waals surface area contributed by atoms with E-state index in [4.69, 9.17) is 16.3 Å². The minimum absolute atomic E-state index is 0.0308. The lowest BCUT2D eigenvalue weighted by molar-refractivity contribution is 0.0958. The van der Waals surface area contributed by atoms with Crippen molar-refractivity contribution >= 4 is 17.4 Å². The van der Waals surface area contributed by atoms with Gasteiger partial charge in [-0.3, -0.25) is 4.79 Å². The number of phenolic OH excluding ortho intramolecular Hbond substituents is 1. The Bertz CT molecular complexity index is 852. The van der Waals surface area contributed by atoms with Gasteiger partial charge in [0.05, 0.1) is 11.1 Å². The Morgan fingerprint density at radius 2 is 1.92 bits per heavy atom. The Morgan fingerprint density at radius 3 is 2.64 bits per heavy atom. The third-order valence-corrected chi connectivity index (χ3v) is 4.09. The Labute approximate surface area is 152 Å². The third-order valence-electron chi connectivity index (χ3n) is 3.85. The van der Waals surface area contributed by atoms with Gasteiger partial charge in [-0.15, -0.1) is 0 Å². The van der Waals surface area contributed by atoms with Crippen LogP contribution in [0.5, 0.6) is 11.5 Å². The van der Waals surface area contributed by atoms with Crippen LogP contribution in [0, 0.1) is 0 Å².